The molecule has 0 radical (unpaired) electrons. The summed E-state index contributed by atoms with van der Waals surface area (Å²) in [7, 11) is 0. The molecule has 2 amide bonds. The lowest BCUT2D eigenvalue weighted by Gasteiger charge is -2.56. The Morgan fingerprint density at radius 3 is 1.93 bits per heavy atom. The third kappa shape index (κ3) is 4.62. The molecule has 2 N–H and O–H groups in total. The third-order valence-corrected chi connectivity index (χ3v) is 6.83. The van der Waals surface area contributed by atoms with Crippen molar-refractivity contribution in [3.05, 3.63) is 24.3 Å². The Bertz CT molecular complexity index is 766. The van der Waals surface area contributed by atoms with Gasteiger partial charge in [0.25, 0.3) is 5.91 Å². The molecule has 4 aliphatic rings. The summed E-state index contributed by atoms with van der Waals surface area (Å²) in [6, 6.07) is 6.82. The van der Waals surface area contributed by atoms with E-state index in [9.17, 15) is 14.4 Å². The van der Waals surface area contributed by atoms with Crippen molar-refractivity contribution in [2.45, 2.75) is 64.9 Å². The number of hydrogen-bond donors (Lipinski definition) is 2. The van der Waals surface area contributed by atoms with Gasteiger partial charge in [-0.2, -0.15) is 0 Å². The van der Waals surface area contributed by atoms with Crippen molar-refractivity contribution in [1.29, 1.82) is 0 Å². The summed E-state index contributed by atoms with van der Waals surface area (Å²) in [5, 5.41) is 5.43. The molecule has 156 valence electrons. The summed E-state index contributed by atoms with van der Waals surface area (Å²) >= 11 is 0. The highest BCUT2D eigenvalue weighted by molar-refractivity contribution is 5.95. The van der Waals surface area contributed by atoms with Crippen LogP contribution >= 0.6 is 0 Å². The molecule has 4 fully saturated rings. The van der Waals surface area contributed by atoms with E-state index in [0.29, 0.717) is 17.8 Å². The molecule has 4 aliphatic carbocycles. The molecule has 0 aliphatic heterocycles. The number of ether oxygens (including phenoxy) is 1. The minimum atomic E-state index is -0.841. The lowest BCUT2D eigenvalue weighted by Crippen LogP contribution is -2.47. The first-order chi connectivity index (χ1) is 13.8. The van der Waals surface area contributed by atoms with E-state index in [-0.39, 0.29) is 23.2 Å². The topological polar surface area (TPSA) is 84.5 Å². The third-order valence-electron chi connectivity index (χ3n) is 6.83. The molecule has 6 heteroatoms. The monoisotopic (exact) mass is 398 g/mol. The highest BCUT2D eigenvalue weighted by atomic mass is 16.5. The van der Waals surface area contributed by atoms with E-state index in [1.165, 1.54) is 26.2 Å². The van der Waals surface area contributed by atoms with E-state index in [4.69, 9.17) is 4.74 Å². The zero-order valence-corrected chi connectivity index (χ0v) is 17.2. The Morgan fingerprint density at radius 2 is 1.45 bits per heavy atom. The molecule has 0 spiro atoms. The predicted octanol–water partition coefficient (Wildman–Crippen LogP) is 4.12. The maximum absolute atomic E-state index is 12.6. The minimum absolute atomic E-state index is 0.113. The number of rotatable bonds is 6. The van der Waals surface area contributed by atoms with E-state index >= 15 is 0 Å². The SMILES string of the molecule is CC(=O)Nc1ccc(NC(=O)[C@@H](C)OC(=O)CC23CC4CC(CC(C4)C2)C3)cc1. The number of nitrogens with one attached hydrogen (secondary N) is 2. The summed E-state index contributed by atoms with van der Waals surface area (Å²) in [6.07, 6.45) is 7.07. The lowest BCUT2D eigenvalue weighted by atomic mass is 9.49. The first kappa shape index (κ1) is 19.9. The van der Waals surface area contributed by atoms with Crippen LogP contribution in [0, 0.1) is 23.2 Å². The van der Waals surface area contributed by atoms with Crippen LogP contribution in [-0.2, 0) is 19.1 Å². The van der Waals surface area contributed by atoms with Crippen molar-refractivity contribution in [2.75, 3.05) is 10.6 Å². The average Bonchev–Trinajstić information content (AvgIpc) is 2.61. The van der Waals surface area contributed by atoms with Gasteiger partial charge in [0, 0.05) is 18.3 Å². The van der Waals surface area contributed by atoms with Crippen LogP contribution in [0.5, 0.6) is 0 Å². The Hall–Kier alpha value is -2.37. The van der Waals surface area contributed by atoms with Crippen molar-refractivity contribution in [1.82, 2.24) is 0 Å². The number of carbonyl (C=O) groups is 3. The van der Waals surface area contributed by atoms with E-state index < -0.39 is 6.10 Å². The smallest absolute Gasteiger partial charge is 0.307 e. The van der Waals surface area contributed by atoms with Gasteiger partial charge >= 0.3 is 5.97 Å². The Balaban J connectivity index is 1.28. The van der Waals surface area contributed by atoms with Gasteiger partial charge in [-0.1, -0.05) is 0 Å². The van der Waals surface area contributed by atoms with Crippen molar-refractivity contribution in [3.63, 3.8) is 0 Å². The summed E-state index contributed by atoms with van der Waals surface area (Å²) < 4.78 is 5.49. The molecule has 6 nitrogen and oxygen atoms in total. The van der Waals surface area contributed by atoms with Gasteiger partial charge in [-0.25, -0.2) is 0 Å². The average molecular weight is 399 g/mol. The number of anilines is 2. The number of amides is 2. The van der Waals surface area contributed by atoms with Crippen LogP contribution in [0.2, 0.25) is 0 Å². The van der Waals surface area contributed by atoms with E-state index in [2.05, 4.69) is 10.6 Å². The van der Waals surface area contributed by atoms with E-state index in [1.54, 1.807) is 31.2 Å². The van der Waals surface area contributed by atoms with Gasteiger partial charge in [0.2, 0.25) is 5.91 Å². The van der Waals surface area contributed by atoms with Crippen LogP contribution in [0.15, 0.2) is 24.3 Å². The maximum Gasteiger partial charge on any atom is 0.307 e. The van der Waals surface area contributed by atoms with Gasteiger partial charge in [0.15, 0.2) is 6.10 Å². The molecule has 1 aromatic rings. The highest BCUT2D eigenvalue weighted by Crippen LogP contribution is 2.61. The highest BCUT2D eigenvalue weighted by Gasteiger charge is 2.51. The molecule has 4 saturated carbocycles. The fourth-order valence-corrected chi connectivity index (χ4v) is 6.19. The summed E-state index contributed by atoms with van der Waals surface area (Å²) in [6.45, 7) is 3.05. The molecular formula is C23H30N2O4. The second-order valence-electron chi connectivity index (χ2n) is 9.47. The Kier molecular flexibility index (Phi) is 5.36. The molecule has 1 atom stereocenters. The molecule has 0 unspecified atom stereocenters. The van der Waals surface area contributed by atoms with Gasteiger partial charge < -0.3 is 15.4 Å². The van der Waals surface area contributed by atoms with Gasteiger partial charge in [0.05, 0.1) is 6.42 Å². The lowest BCUT2D eigenvalue weighted by molar-refractivity contribution is -0.160. The largest absolute Gasteiger partial charge is 0.453 e. The summed E-state index contributed by atoms with van der Waals surface area (Å²) in [5.41, 5.74) is 1.36. The molecule has 4 bridgehead atoms. The zero-order valence-electron chi connectivity index (χ0n) is 17.2. The molecule has 0 saturated heterocycles. The molecule has 29 heavy (non-hydrogen) atoms. The second kappa shape index (κ2) is 7.81. The van der Waals surface area contributed by atoms with Crippen LogP contribution in [0.1, 0.15) is 58.8 Å². The van der Waals surface area contributed by atoms with Gasteiger partial charge in [0.1, 0.15) is 0 Å². The summed E-state index contributed by atoms with van der Waals surface area (Å²) in [5.74, 6) is 1.61. The van der Waals surface area contributed by atoms with Crippen molar-refractivity contribution in [3.8, 4) is 0 Å². The van der Waals surface area contributed by atoms with Gasteiger partial charge in [-0.3, -0.25) is 14.4 Å². The standard InChI is InChI=1S/C23H30N2O4/c1-14(22(28)25-20-5-3-19(4-6-20)24-15(2)26)29-21(27)13-23-10-16-7-17(11-23)9-18(8-16)12-23/h3-6,14,16-18H,7-13H2,1-2H3,(H,24,26)(H,25,28)/t14-,16?,17?,18?,23?/m1/s1. The Labute approximate surface area is 171 Å². The molecule has 1 aromatic carbocycles. The Morgan fingerprint density at radius 1 is 0.966 bits per heavy atom. The van der Waals surface area contributed by atoms with E-state index in [1.807, 2.05) is 0 Å². The molecule has 5 rings (SSSR count). The number of esters is 1. The zero-order chi connectivity index (χ0) is 20.6. The quantitative estimate of drug-likeness (QED) is 0.706. The number of carbonyl (C=O) groups excluding carboxylic acids is 3. The van der Waals surface area contributed by atoms with Crippen molar-refractivity contribution in [2.24, 2.45) is 23.2 Å². The fourth-order valence-electron chi connectivity index (χ4n) is 6.19. The van der Waals surface area contributed by atoms with Crippen molar-refractivity contribution >= 4 is 29.2 Å². The molecule has 0 aromatic heterocycles. The fraction of sp³-hybridized carbons (Fsp3) is 0.609. The predicted molar refractivity (Wildman–Crippen MR) is 110 cm³/mol. The summed E-state index contributed by atoms with van der Waals surface area (Å²) in [4.78, 5) is 36.1. The molecule has 0 heterocycles. The maximum atomic E-state index is 12.6. The minimum Gasteiger partial charge on any atom is -0.453 e. The van der Waals surface area contributed by atoms with Crippen LogP contribution in [0.3, 0.4) is 0 Å². The first-order valence-corrected chi connectivity index (χ1v) is 10.7. The van der Waals surface area contributed by atoms with E-state index in [0.717, 1.165) is 37.0 Å². The van der Waals surface area contributed by atoms with Crippen LogP contribution in [0.25, 0.3) is 0 Å². The van der Waals surface area contributed by atoms with Crippen molar-refractivity contribution < 1.29 is 19.1 Å². The number of benzene rings is 1. The molecular weight excluding hydrogens is 368 g/mol. The van der Waals surface area contributed by atoms with Crippen LogP contribution in [0.4, 0.5) is 11.4 Å². The van der Waals surface area contributed by atoms with Gasteiger partial charge in [-0.15, -0.1) is 0 Å². The first-order valence-electron chi connectivity index (χ1n) is 10.7. The van der Waals surface area contributed by atoms with Gasteiger partial charge in [-0.05, 0) is 92.9 Å². The second-order valence-corrected chi connectivity index (χ2v) is 9.47. The normalized spacial score (nSPS) is 30.5. The van der Waals surface area contributed by atoms with Crippen LogP contribution in [-0.4, -0.2) is 23.9 Å². The number of hydrogen-bond acceptors (Lipinski definition) is 4. The van der Waals surface area contributed by atoms with Crippen LogP contribution < -0.4 is 10.6 Å².